The van der Waals surface area contributed by atoms with Gasteiger partial charge in [-0.25, -0.2) is 13.4 Å². The van der Waals surface area contributed by atoms with Crippen molar-refractivity contribution in [2.45, 2.75) is 44.7 Å². The monoisotopic (exact) mass is 627 g/mol. The van der Waals surface area contributed by atoms with Crippen LogP contribution >= 0.6 is 11.3 Å². The minimum absolute atomic E-state index is 0.0107. The zero-order valence-corrected chi connectivity index (χ0v) is 26.0. The Morgan fingerprint density at radius 1 is 1.23 bits per heavy atom. The molecule has 0 saturated heterocycles. The predicted octanol–water partition coefficient (Wildman–Crippen LogP) is 3.69. The first-order valence-electron chi connectivity index (χ1n) is 13.7. The zero-order valence-electron chi connectivity index (χ0n) is 24.4. The lowest BCUT2D eigenvalue weighted by Gasteiger charge is -2.38. The number of hydrogen-bond donors (Lipinski definition) is 2. The molecule has 0 aliphatic carbocycles. The Morgan fingerprint density at radius 2 is 1.98 bits per heavy atom. The summed E-state index contributed by atoms with van der Waals surface area (Å²) in [6, 6.07) is 11.7. The number of hydrogen-bond acceptors (Lipinski definition) is 10. The Morgan fingerprint density at radius 3 is 2.65 bits per heavy atom. The summed E-state index contributed by atoms with van der Waals surface area (Å²) in [4.78, 5) is 33.0. The number of fused-ring (bicyclic) bond motifs is 2. The molecule has 0 unspecified atom stereocenters. The van der Waals surface area contributed by atoms with Crippen LogP contribution in [0.15, 0.2) is 51.9 Å². The van der Waals surface area contributed by atoms with E-state index >= 15 is 0 Å². The van der Waals surface area contributed by atoms with E-state index in [1.807, 2.05) is 31.2 Å². The molecule has 228 valence electrons. The third-order valence-electron chi connectivity index (χ3n) is 7.50. The van der Waals surface area contributed by atoms with Gasteiger partial charge in [0.25, 0.3) is 11.8 Å². The number of amides is 2. The normalized spacial score (nSPS) is 18.2. The van der Waals surface area contributed by atoms with Crippen LogP contribution in [0.3, 0.4) is 0 Å². The molecule has 0 bridgehead atoms. The summed E-state index contributed by atoms with van der Waals surface area (Å²) >= 11 is 1.24. The maximum Gasteiger partial charge on any atom is 0.284 e. The molecule has 2 N–H and O–H groups in total. The van der Waals surface area contributed by atoms with Crippen LogP contribution in [-0.4, -0.2) is 83.6 Å². The van der Waals surface area contributed by atoms with Gasteiger partial charge in [0.2, 0.25) is 10.0 Å². The summed E-state index contributed by atoms with van der Waals surface area (Å²) in [5.41, 5.74) is 1.35. The fraction of sp³-hybridized carbons (Fsp3) is 0.379. The van der Waals surface area contributed by atoms with Crippen molar-refractivity contribution in [1.29, 1.82) is 0 Å². The van der Waals surface area contributed by atoms with Gasteiger partial charge in [0.15, 0.2) is 16.5 Å². The molecule has 14 heteroatoms. The van der Waals surface area contributed by atoms with Crippen LogP contribution in [0.2, 0.25) is 0 Å². The Bertz CT molecular complexity index is 1730. The van der Waals surface area contributed by atoms with E-state index in [-0.39, 0.29) is 69.9 Å². The van der Waals surface area contributed by atoms with Crippen molar-refractivity contribution in [3.63, 3.8) is 0 Å². The number of ether oxygens (including phenoxy) is 1. The van der Waals surface area contributed by atoms with Crippen molar-refractivity contribution in [2.24, 2.45) is 5.92 Å². The molecule has 3 heterocycles. The van der Waals surface area contributed by atoms with Crippen molar-refractivity contribution in [3.05, 3.63) is 64.5 Å². The second-order valence-corrected chi connectivity index (χ2v) is 13.7. The lowest BCUT2D eigenvalue weighted by Crippen LogP contribution is -2.50. The maximum atomic E-state index is 13.8. The van der Waals surface area contributed by atoms with E-state index in [0.29, 0.717) is 5.52 Å². The third kappa shape index (κ3) is 5.87. The van der Waals surface area contributed by atoms with Gasteiger partial charge in [-0.15, -0.1) is 11.3 Å². The van der Waals surface area contributed by atoms with E-state index in [2.05, 4.69) is 15.5 Å². The largest absolute Gasteiger partial charge is 0.486 e. The fourth-order valence-corrected chi connectivity index (χ4v) is 7.38. The standard InChI is InChI=1S/C29H33N5O7S2/c1-16-13-34(17(2)15-35)29(37)20-9-8-11-22(30-27(36)28-31-21-10-6-7-12-24(21)42-28)25(20)40-23(16)14-33(5)43(38,39)26-18(3)32-41-19(26)4/h6-12,16-17,23,35H,13-15H2,1-5H3,(H,30,36)/t16-,17-,23-/m1/s1. The Balaban J connectivity index is 1.52. The summed E-state index contributed by atoms with van der Waals surface area (Å²) in [6.45, 7) is 6.52. The number of likely N-dealkylation sites (N-methyl/N-ethyl adjacent to an activating group) is 1. The fourth-order valence-electron chi connectivity index (χ4n) is 5.06. The molecule has 1 aliphatic heterocycles. The molecule has 0 fully saturated rings. The molecule has 2 aromatic heterocycles. The van der Waals surface area contributed by atoms with Gasteiger partial charge in [0.05, 0.1) is 40.7 Å². The third-order valence-corrected chi connectivity index (χ3v) is 10.6. The number of carbonyl (C=O) groups excluding carboxylic acids is 2. The summed E-state index contributed by atoms with van der Waals surface area (Å²) in [6.07, 6.45) is -0.749. The number of aliphatic hydroxyl groups excluding tert-OH is 1. The molecule has 0 spiro atoms. The first kappa shape index (κ1) is 30.6. The van der Waals surface area contributed by atoms with Crippen LogP contribution in [0.5, 0.6) is 5.75 Å². The molecule has 2 amide bonds. The number of nitrogens with one attached hydrogen (secondary N) is 1. The smallest absolute Gasteiger partial charge is 0.284 e. The lowest BCUT2D eigenvalue weighted by molar-refractivity contribution is 0.0388. The summed E-state index contributed by atoms with van der Waals surface area (Å²) in [7, 11) is -2.56. The SMILES string of the molecule is Cc1noc(C)c1S(=O)(=O)N(C)C[C@H]1Oc2c(NC(=O)c3nc4ccccc4s3)cccc2C(=O)N([C@H](C)CO)C[C@H]1C. The Hall–Kier alpha value is -3.85. The van der Waals surface area contributed by atoms with Crippen molar-refractivity contribution in [1.82, 2.24) is 19.3 Å². The number of aryl methyl sites for hydroxylation is 2. The number of carbonyl (C=O) groups is 2. The molecule has 0 saturated carbocycles. The second kappa shape index (κ2) is 12.0. The van der Waals surface area contributed by atoms with Gasteiger partial charge in [-0.1, -0.05) is 30.3 Å². The number of aromatic nitrogens is 2. The van der Waals surface area contributed by atoms with Crippen LogP contribution in [0.25, 0.3) is 10.2 Å². The highest BCUT2D eigenvalue weighted by molar-refractivity contribution is 7.89. The first-order chi connectivity index (χ1) is 20.4. The highest BCUT2D eigenvalue weighted by Crippen LogP contribution is 2.36. The molecule has 5 rings (SSSR count). The molecule has 4 aromatic rings. The van der Waals surface area contributed by atoms with Crippen LogP contribution in [0.4, 0.5) is 5.69 Å². The van der Waals surface area contributed by atoms with Gasteiger partial charge >= 0.3 is 0 Å². The van der Waals surface area contributed by atoms with Gasteiger partial charge in [0, 0.05) is 19.5 Å². The lowest BCUT2D eigenvalue weighted by atomic mass is 9.99. The number of para-hydroxylation sites is 2. The van der Waals surface area contributed by atoms with Crippen LogP contribution in [0.1, 0.15) is 45.5 Å². The van der Waals surface area contributed by atoms with Gasteiger partial charge in [-0.2, -0.15) is 4.31 Å². The van der Waals surface area contributed by atoms with E-state index < -0.39 is 28.1 Å². The Labute approximate surface area is 253 Å². The van der Waals surface area contributed by atoms with Crippen LogP contribution in [0, 0.1) is 19.8 Å². The number of sulfonamides is 1. The van der Waals surface area contributed by atoms with Crippen molar-refractivity contribution in [2.75, 3.05) is 32.1 Å². The minimum Gasteiger partial charge on any atom is -0.486 e. The number of aliphatic hydroxyl groups is 1. The average Bonchev–Trinajstić information content (AvgIpc) is 3.57. The molecular weight excluding hydrogens is 594 g/mol. The van der Waals surface area contributed by atoms with Gasteiger partial charge in [-0.3, -0.25) is 9.59 Å². The summed E-state index contributed by atoms with van der Waals surface area (Å²) in [5, 5.41) is 16.8. The van der Waals surface area contributed by atoms with Crippen LogP contribution < -0.4 is 10.1 Å². The molecule has 1 aliphatic rings. The maximum absolute atomic E-state index is 13.8. The summed E-state index contributed by atoms with van der Waals surface area (Å²) in [5.74, 6) is -0.946. The molecule has 3 atom stereocenters. The van der Waals surface area contributed by atoms with E-state index in [1.54, 1.807) is 36.9 Å². The minimum atomic E-state index is -4.00. The van der Waals surface area contributed by atoms with Gasteiger partial charge < -0.3 is 24.6 Å². The molecule has 2 aromatic carbocycles. The molecule has 12 nitrogen and oxygen atoms in total. The van der Waals surface area contributed by atoms with E-state index in [9.17, 15) is 23.1 Å². The second-order valence-electron chi connectivity index (χ2n) is 10.7. The number of anilines is 1. The zero-order chi connectivity index (χ0) is 31.1. The molecule has 43 heavy (non-hydrogen) atoms. The number of nitrogens with zero attached hydrogens (tertiary/aromatic N) is 4. The van der Waals surface area contributed by atoms with E-state index in [1.165, 1.54) is 29.6 Å². The van der Waals surface area contributed by atoms with Gasteiger partial charge in [0.1, 0.15) is 16.7 Å². The van der Waals surface area contributed by atoms with Crippen molar-refractivity contribution >= 4 is 49.1 Å². The van der Waals surface area contributed by atoms with Crippen molar-refractivity contribution in [3.8, 4) is 5.75 Å². The number of rotatable bonds is 8. The van der Waals surface area contributed by atoms with Gasteiger partial charge in [-0.05, 0) is 45.0 Å². The summed E-state index contributed by atoms with van der Waals surface area (Å²) < 4.78 is 40.7. The predicted molar refractivity (Wildman–Crippen MR) is 161 cm³/mol. The molecular formula is C29H33N5O7S2. The Kier molecular flexibility index (Phi) is 8.56. The number of benzene rings is 2. The van der Waals surface area contributed by atoms with E-state index in [0.717, 1.165) is 4.70 Å². The average molecular weight is 628 g/mol. The quantitative estimate of drug-likeness (QED) is 0.298. The van der Waals surface area contributed by atoms with Crippen LogP contribution in [-0.2, 0) is 10.0 Å². The van der Waals surface area contributed by atoms with E-state index in [4.69, 9.17) is 9.26 Å². The topological polar surface area (TPSA) is 155 Å². The molecule has 0 radical (unpaired) electrons. The van der Waals surface area contributed by atoms with Crippen molar-refractivity contribution < 1.29 is 32.4 Å². The highest BCUT2D eigenvalue weighted by Gasteiger charge is 2.37. The number of thiazole rings is 1. The first-order valence-corrected chi connectivity index (χ1v) is 16.0. The highest BCUT2D eigenvalue weighted by atomic mass is 32.2.